The van der Waals surface area contributed by atoms with Gasteiger partial charge in [0.2, 0.25) is 0 Å². The van der Waals surface area contributed by atoms with Gasteiger partial charge in [0.25, 0.3) is 5.91 Å². The number of hydrogen-bond donors (Lipinski definition) is 1. The largest absolute Gasteiger partial charge is 0.497 e. The van der Waals surface area contributed by atoms with Gasteiger partial charge in [-0.1, -0.05) is 12.1 Å². The van der Waals surface area contributed by atoms with Crippen molar-refractivity contribution >= 4 is 21.8 Å². The molecule has 7 heteroatoms. The van der Waals surface area contributed by atoms with E-state index in [9.17, 15) is 4.79 Å². The highest BCUT2D eigenvalue weighted by Gasteiger charge is 2.23. The Labute approximate surface area is 166 Å². The summed E-state index contributed by atoms with van der Waals surface area (Å²) in [5, 5.41) is 3.07. The molecule has 1 N–H and O–H groups in total. The molecule has 0 saturated heterocycles. The number of rotatable bonds is 6. The maximum absolute atomic E-state index is 12.9. The van der Waals surface area contributed by atoms with Crippen LogP contribution in [0, 0.1) is 0 Å². The number of hydrogen-bond acceptors (Lipinski definition) is 4. The summed E-state index contributed by atoms with van der Waals surface area (Å²) in [5.74, 6) is 1.76. The summed E-state index contributed by atoms with van der Waals surface area (Å²) >= 11 is 3.43. The number of methoxy groups -OCH3 is 2. The predicted octanol–water partition coefficient (Wildman–Crippen LogP) is 3.72. The van der Waals surface area contributed by atoms with Crippen molar-refractivity contribution in [1.82, 2.24) is 14.9 Å². The van der Waals surface area contributed by atoms with Gasteiger partial charge in [-0.25, -0.2) is 4.98 Å². The molecule has 1 unspecified atom stereocenters. The summed E-state index contributed by atoms with van der Waals surface area (Å²) in [6.07, 6.45) is 3.54. The van der Waals surface area contributed by atoms with Crippen LogP contribution in [0.25, 0.3) is 0 Å². The number of amides is 1. The topological polar surface area (TPSA) is 65.4 Å². The molecule has 1 aromatic heterocycles. The third-order valence-corrected chi connectivity index (χ3v) is 4.91. The van der Waals surface area contributed by atoms with Crippen LogP contribution in [0.15, 0.2) is 59.3 Å². The van der Waals surface area contributed by atoms with E-state index in [2.05, 4.69) is 26.2 Å². The van der Waals surface area contributed by atoms with Crippen LogP contribution in [0.2, 0.25) is 0 Å². The molecule has 0 fully saturated rings. The van der Waals surface area contributed by atoms with Gasteiger partial charge in [0.05, 0.1) is 19.8 Å². The third-order valence-electron chi connectivity index (χ3n) is 4.22. The van der Waals surface area contributed by atoms with Crippen LogP contribution in [0.4, 0.5) is 0 Å². The third kappa shape index (κ3) is 4.14. The summed E-state index contributed by atoms with van der Waals surface area (Å²) in [5.41, 5.74) is 1.35. The van der Waals surface area contributed by atoms with Crippen LogP contribution in [0.5, 0.6) is 11.5 Å². The number of carbonyl (C=O) groups excluding carboxylic acids is 1. The maximum Gasteiger partial charge on any atom is 0.253 e. The first kappa shape index (κ1) is 19.0. The van der Waals surface area contributed by atoms with Crippen LogP contribution in [-0.2, 0) is 7.05 Å². The average molecular weight is 430 g/mol. The first-order valence-corrected chi connectivity index (χ1v) is 9.08. The Morgan fingerprint density at radius 2 is 1.81 bits per heavy atom. The average Bonchev–Trinajstić information content (AvgIpc) is 3.11. The van der Waals surface area contributed by atoms with E-state index in [1.807, 2.05) is 48.1 Å². The van der Waals surface area contributed by atoms with Gasteiger partial charge in [-0.2, -0.15) is 0 Å². The Morgan fingerprint density at radius 1 is 1.15 bits per heavy atom. The van der Waals surface area contributed by atoms with E-state index in [-0.39, 0.29) is 5.91 Å². The normalized spacial score (nSPS) is 11.7. The van der Waals surface area contributed by atoms with Gasteiger partial charge in [-0.05, 0) is 45.8 Å². The molecule has 3 aromatic rings. The van der Waals surface area contributed by atoms with Crippen molar-refractivity contribution in [1.29, 1.82) is 0 Å². The smallest absolute Gasteiger partial charge is 0.253 e. The molecule has 3 rings (SSSR count). The quantitative estimate of drug-likeness (QED) is 0.648. The number of aryl methyl sites for hydroxylation is 1. The molecule has 1 atom stereocenters. The first-order valence-electron chi connectivity index (χ1n) is 8.29. The molecular formula is C20H20BrN3O3. The van der Waals surface area contributed by atoms with Crippen LogP contribution in [0.3, 0.4) is 0 Å². The second-order valence-electron chi connectivity index (χ2n) is 5.93. The van der Waals surface area contributed by atoms with Crippen molar-refractivity contribution in [2.75, 3.05) is 14.2 Å². The van der Waals surface area contributed by atoms with E-state index >= 15 is 0 Å². The van der Waals surface area contributed by atoms with E-state index < -0.39 is 6.04 Å². The molecule has 0 saturated carbocycles. The minimum atomic E-state index is -0.478. The Kier molecular flexibility index (Phi) is 5.81. The Hall–Kier alpha value is -2.80. The van der Waals surface area contributed by atoms with Gasteiger partial charge in [-0.3, -0.25) is 4.79 Å². The molecule has 0 aliphatic heterocycles. The van der Waals surface area contributed by atoms with Gasteiger partial charge < -0.3 is 19.4 Å². The lowest BCUT2D eigenvalue weighted by molar-refractivity contribution is 0.0940. The van der Waals surface area contributed by atoms with Crippen molar-refractivity contribution in [3.8, 4) is 11.5 Å². The zero-order valence-electron chi connectivity index (χ0n) is 15.3. The van der Waals surface area contributed by atoms with Crippen molar-refractivity contribution in [3.05, 3.63) is 76.3 Å². The highest BCUT2D eigenvalue weighted by molar-refractivity contribution is 9.10. The standard InChI is InChI=1S/C20H20BrN3O3/c1-24-9-8-22-19(24)18(13-10-14(26-2)12-15(11-13)27-3)23-20(25)16-6-4-5-7-17(16)21/h4-12,18H,1-3H3,(H,23,25). The van der Waals surface area contributed by atoms with E-state index in [1.165, 1.54) is 0 Å². The Morgan fingerprint density at radius 3 is 2.37 bits per heavy atom. The van der Waals surface area contributed by atoms with Crippen molar-refractivity contribution in [3.63, 3.8) is 0 Å². The zero-order chi connectivity index (χ0) is 19.4. The number of aromatic nitrogens is 2. The highest BCUT2D eigenvalue weighted by Crippen LogP contribution is 2.30. The molecule has 140 valence electrons. The number of ether oxygens (including phenoxy) is 2. The zero-order valence-corrected chi connectivity index (χ0v) is 16.9. The molecule has 0 bridgehead atoms. The molecule has 0 aliphatic carbocycles. The summed E-state index contributed by atoms with van der Waals surface area (Å²) in [7, 11) is 5.07. The van der Waals surface area contributed by atoms with Gasteiger partial charge in [0.15, 0.2) is 0 Å². The van der Waals surface area contributed by atoms with Crippen LogP contribution < -0.4 is 14.8 Å². The van der Waals surface area contributed by atoms with E-state index in [0.29, 0.717) is 22.9 Å². The number of carbonyl (C=O) groups is 1. The predicted molar refractivity (Wildman–Crippen MR) is 106 cm³/mol. The summed E-state index contributed by atoms with van der Waals surface area (Å²) < 4.78 is 13.4. The second kappa shape index (κ2) is 8.26. The van der Waals surface area contributed by atoms with E-state index in [1.54, 1.807) is 32.5 Å². The van der Waals surface area contributed by atoms with Gasteiger partial charge in [0.1, 0.15) is 23.4 Å². The number of halogens is 1. The van der Waals surface area contributed by atoms with Gasteiger partial charge in [-0.15, -0.1) is 0 Å². The van der Waals surface area contributed by atoms with Crippen LogP contribution in [0.1, 0.15) is 27.8 Å². The lowest BCUT2D eigenvalue weighted by atomic mass is 10.0. The first-order chi connectivity index (χ1) is 13.0. The van der Waals surface area contributed by atoms with Crippen molar-refractivity contribution < 1.29 is 14.3 Å². The van der Waals surface area contributed by atoms with Crippen LogP contribution in [-0.4, -0.2) is 29.7 Å². The van der Waals surface area contributed by atoms with Gasteiger partial charge >= 0.3 is 0 Å². The molecule has 1 amide bonds. The second-order valence-corrected chi connectivity index (χ2v) is 6.78. The van der Waals surface area contributed by atoms with E-state index in [0.717, 1.165) is 10.0 Å². The fourth-order valence-corrected chi connectivity index (χ4v) is 3.27. The fraction of sp³-hybridized carbons (Fsp3) is 0.200. The van der Waals surface area contributed by atoms with Crippen molar-refractivity contribution in [2.24, 2.45) is 7.05 Å². The minimum Gasteiger partial charge on any atom is -0.497 e. The number of benzene rings is 2. The van der Waals surface area contributed by atoms with Gasteiger partial charge in [0, 0.05) is 30.0 Å². The highest BCUT2D eigenvalue weighted by atomic mass is 79.9. The molecule has 6 nitrogen and oxygen atoms in total. The molecule has 0 radical (unpaired) electrons. The summed E-state index contributed by atoms with van der Waals surface area (Å²) in [4.78, 5) is 17.4. The summed E-state index contributed by atoms with van der Waals surface area (Å²) in [6.45, 7) is 0. The Bertz CT molecular complexity index is 933. The molecule has 0 aliphatic rings. The molecule has 2 aromatic carbocycles. The number of nitrogens with zero attached hydrogens (tertiary/aromatic N) is 2. The molecular weight excluding hydrogens is 410 g/mol. The molecule has 1 heterocycles. The summed E-state index contributed by atoms with van der Waals surface area (Å²) in [6, 6.07) is 12.3. The molecule has 0 spiro atoms. The van der Waals surface area contributed by atoms with Crippen LogP contribution >= 0.6 is 15.9 Å². The molecule has 27 heavy (non-hydrogen) atoms. The monoisotopic (exact) mass is 429 g/mol. The SMILES string of the molecule is COc1cc(OC)cc(C(NC(=O)c2ccccc2Br)c2nccn2C)c1. The lowest BCUT2D eigenvalue weighted by Crippen LogP contribution is -2.31. The fourth-order valence-electron chi connectivity index (χ4n) is 2.80. The Balaban J connectivity index is 2.04. The van der Waals surface area contributed by atoms with E-state index in [4.69, 9.17) is 9.47 Å². The van der Waals surface area contributed by atoms with Crippen molar-refractivity contribution in [2.45, 2.75) is 6.04 Å². The number of imidazole rings is 1. The maximum atomic E-state index is 12.9. The number of nitrogens with one attached hydrogen (secondary N) is 1. The lowest BCUT2D eigenvalue weighted by Gasteiger charge is -2.21. The minimum absolute atomic E-state index is 0.211.